The number of hydrogen-bond acceptors (Lipinski definition) is 4. The maximum atomic E-state index is 12.3. The topological polar surface area (TPSA) is 95.8 Å². The fourth-order valence-electron chi connectivity index (χ4n) is 2.20. The van der Waals surface area contributed by atoms with Gasteiger partial charge in [-0.2, -0.15) is 0 Å². The van der Waals surface area contributed by atoms with Crippen LogP contribution in [-0.4, -0.2) is 15.9 Å². The summed E-state index contributed by atoms with van der Waals surface area (Å²) < 4.78 is 0. The van der Waals surface area contributed by atoms with Crippen molar-refractivity contribution >= 4 is 28.6 Å². The molecule has 0 fully saturated rings. The van der Waals surface area contributed by atoms with Crippen molar-refractivity contribution in [3.05, 3.63) is 53.6 Å². The van der Waals surface area contributed by atoms with E-state index in [0.717, 1.165) is 22.3 Å². The van der Waals surface area contributed by atoms with Gasteiger partial charge in [0.1, 0.15) is 0 Å². The van der Waals surface area contributed by atoms with E-state index in [0.29, 0.717) is 11.5 Å². The van der Waals surface area contributed by atoms with Gasteiger partial charge in [-0.3, -0.25) is 16.0 Å². The van der Waals surface area contributed by atoms with Gasteiger partial charge in [-0.25, -0.2) is 4.98 Å². The zero-order chi connectivity index (χ0) is 14.8. The molecule has 1 amide bonds. The first-order valence-corrected chi connectivity index (χ1v) is 6.51. The first kappa shape index (κ1) is 13.1. The number of hydrazine groups is 1. The average Bonchev–Trinajstić information content (AvgIpc) is 2.88. The lowest BCUT2D eigenvalue weighted by Crippen LogP contribution is -2.15. The molecule has 6 heteroatoms. The summed E-state index contributed by atoms with van der Waals surface area (Å²) in [6.45, 7) is 1.86. The molecule has 2 aromatic carbocycles. The fourth-order valence-corrected chi connectivity index (χ4v) is 2.20. The number of hydrogen-bond donors (Lipinski definition) is 4. The van der Waals surface area contributed by atoms with Gasteiger partial charge in [-0.15, -0.1) is 0 Å². The number of benzene rings is 2. The quantitative estimate of drug-likeness (QED) is 0.438. The lowest BCUT2D eigenvalue weighted by Gasteiger charge is -2.07. The van der Waals surface area contributed by atoms with E-state index in [9.17, 15) is 4.79 Å². The maximum absolute atomic E-state index is 12.3. The Kier molecular flexibility index (Phi) is 3.29. The number of fused-ring (bicyclic) bond motifs is 1. The number of nitrogens with one attached hydrogen (secondary N) is 3. The molecular weight excluding hydrogens is 266 g/mol. The highest BCUT2D eigenvalue weighted by atomic mass is 16.1. The number of anilines is 2. The average molecular weight is 281 g/mol. The highest BCUT2D eigenvalue weighted by molar-refractivity contribution is 6.05. The third-order valence-corrected chi connectivity index (χ3v) is 3.26. The molecule has 0 aliphatic heterocycles. The zero-order valence-corrected chi connectivity index (χ0v) is 11.5. The van der Waals surface area contributed by atoms with Gasteiger partial charge in [0, 0.05) is 11.3 Å². The Bertz CT molecular complexity index is 776. The van der Waals surface area contributed by atoms with Crippen LogP contribution in [0, 0.1) is 6.92 Å². The number of aromatic nitrogens is 2. The van der Waals surface area contributed by atoms with Gasteiger partial charge in [-0.05, 0) is 42.8 Å². The summed E-state index contributed by atoms with van der Waals surface area (Å²) in [7, 11) is 0. The van der Waals surface area contributed by atoms with Crippen LogP contribution in [0.4, 0.5) is 11.6 Å². The summed E-state index contributed by atoms with van der Waals surface area (Å²) in [4.78, 5) is 19.7. The minimum absolute atomic E-state index is 0.213. The third kappa shape index (κ3) is 2.56. The van der Waals surface area contributed by atoms with Crippen LogP contribution in [0.2, 0.25) is 0 Å². The van der Waals surface area contributed by atoms with Crippen molar-refractivity contribution in [1.82, 2.24) is 9.97 Å². The Balaban J connectivity index is 1.85. The Morgan fingerprint density at radius 2 is 2.05 bits per heavy atom. The number of nitrogens with two attached hydrogens (primary N) is 1. The zero-order valence-electron chi connectivity index (χ0n) is 11.5. The van der Waals surface area contributed by atoms with Gasteiger partial charge in [-0.1, -0.05) is 12.1 Å². The predicted molar refractivity (Wildman–Crippen MR) is 83.0 cm³/mol. The number of carbonyl (C=O) groups is 1. The second kappa shape index (κ2) is 5.26. The molecule has 3 aromatic rings. The molecule has 6 nitrogen and oxygen atoms in total. The van der Waals surface area contributed by atoms with E-state index in [1.165, 1.54) is 0 Å². The maximum Gasteiger partial charge on any atom is 0.258 e. The van der Waals surface area contributed by atoms with Gasteiger partial charge in [0.15, 0.2) is 0 Å². The van der Waals surface area contributed by atoms with E-state index in [1.807, 2.05) is 37.3 Å². The number of nitrogens with zero attached hydrogens (tertiary/aromatic N) is 1. The van der Waals surface area contributed by atoms with E-state index in [1.54, 1.807) is 12.1 Å². The van der Waals surface area contributed by atoms with Gasteiger partial charge in [0.25, 0.3) is 5.91 Å². The SMILES string of the molecule is Cc1cc(NN)ccc1C(=O)Nc1nc2ccccc2[nH]1. The van der Waals surface area contributed by atoms with Crippen molar-refractivity contribution in [3.63, 3.8) is 0 Å². The number of H-pyrrole nitrogens is 1. The number of nitrogen functional groups attached to an aromatic ring is 1. The molecule has 0 bridgehead atoms. The molecule has 1 heterocycles. The van der Waals surface area contributed by atoms with Crippen molar-refractivity contribution < 1.29 is 4.79 Å². The smallest absolute Gasteiger partial charge is 0.258 e. The molecule has 0 radical (unpaired) electrons. The summed E-state index contributed by atoms with van der Waals surface area (Å²) in [5, 5.41) is 2.77. The molecule has 0 unspecified atom stereocenters. The molecule has 0 spiro atoms. The fraction of sp³-hybridized carbons (Fsp3) is 0.0667. The predicted octanol–water partition coefficient (Wildman–Crippen LogP) is 2.41. The van der Waals surface area contributed by atoms with Crippen LogP contribution < -0.4 is 16.6 Å². The van der Waals surface area contributed by atoms with E-state index < -0.39 is 0 Å². The first-order chi connectivity index (χ1) is 10.2. The van der Waals surface area contributed by atoms with Crippen LogP contribution in [-0.2, 0) is 0 Å². The van der Waals surface area contributed by atoms with E-state index >= 15 is 0 Å². The van der Waals surface area contributed by atoms with Crippen LogP contribution >= 0.6 is 0 Å². The lowest BCUT2D eigenvalue weighted by atomic mass is 10.1. The van der Waals surface area contributed by atoms with Crippen LogP contribution in [0.3, 0.4) is 0 Å². The number of aryl methyl sites for hydroxylation is 1. The van der Waals surface area contributed by atoms with E-state index in [-0.39, 0.29) is 5.91 Å². The van der Waals surface area contributed by atoms with Gasteiger partial charge < -0.3 is 10.4 Å². The molecule has 5 N–H and O–H groups in total. The van der Waals surface area contributed by atoms with Crippen molar-refractivity contribution in [2.45, 2.75) is 6.92 Å². The second-order valence-corrected chi connectivity index (χ2v) is 4.73. The molecule has 0 saturated heterocycles. The van der Waals surface area contributed by atoms with Gasteiger partial charge >= 0.3 is 0 Å². The minimum atomic E-state index is -0.213. The number of carbonyl (C=O) groups excluding carboxylic acids is 1. The summed E-state index contributed by atoms with van der Waals surface area (Å²) in [5.74, 6) is 5.57. The summed E-state index contributed by atoms with van der Waals surface area (Å²) in [6.07, 6.45) is 0. The van der Waals surface area contributed by atoms with Gasteiger partial charge in [0.2, 0.25) is 5.95 Å². The van der Waals surface area contributed by atoms with Crippen molar-refractivity contribution in [3.8, 4) is 0 Å². The Labute approximate surface area is 121 Å². The molecule has 0 atom stereocenters. The Morgan fingerprint density at radius 3 is 2.76 bits per heavy atom. The molecule has 21 heavy (non-hydrogen) atoms. The van der Waals surface area contributed by atoms with Crippen LogP contribution in [0.15, 0.2) is 42.5 Å². The molecule has 106 valence electrons. The monoisotopic (exact) mass is 281 g/mol. The number of para-hydroxylation sites is 2. The number of aromatic amines is 1. The molecule has 0 saturated carbocycles. The van der Waals surface area contributed by atoms with Crippen molar-refractivity contribution in [2.24, 2.45) is 5.84 Å². The number of imidazole rings is 1. The minimum Gasteiger partial charge on any atom is -0.324 e. The summed E-state index contributed by atoms with van der Waals surface area (Å²) >= 11 is 0. The lowest BCUT2D eigenvalue weighted by molar-refractivity contribution is 0.102. The largest absolute Gasteiger partial charge is 0.324 e. The van der Waals surface area contributed by atoms with Crippen molar-refractivity contribution in [1.29, 1.82) is 0 Å². The summed E-state index contributed by atoms with van der Waals surface area (Å²) in [6, 6.07) is 12.9. The Morgan fingerprint density at radius 1 is 1.24 bits per heavy atom. The number of amides is 1. The van der Waals surface area contributed by atoms with E-state index in [2.05, 4.69) is 20.7 Å². The molecule has 0 aliphatic rings. The van der Waals surface area contributed by atoms with Crippen molar-refractivity contribution in [2.75, 3.05) is 10.7 Å². The van der Waals surface area contributed by atoms with Gasteiger partial charge in [0.05, 0.1) is 11.0 Å². The highest BCUT2D eigenvalue weighted by Crippen LogP contribution is 2.17. The first-order valence-electron chi connectivity index (χ1n) is 6.51. The summed E-state index contributed by atoms with van der Waals surface area (Å²) in [5.41, 5.74) is 6.41. The van der Waals surface area contributed by atoms with Crippen LogP contribution in [0.1, 0.15) is 15.9 Å². The molecule has 3 rings (SSSR count). The third-order valence-electron chi connectivity index (χ3n) is 3.26. The Hall–Kier alpha value is -2.86. The molecular formula is C15H15N5O. The highest BCUT2D eigenvalue weighted by Gasteiger charge is 2.11. The molecule has 0 aliphatic carbocycles. The van der Waals surface area contributed by atoms with Crippen LogP contribution in [0.25, 0.3) is 11.0 Å². The van der Waals surface area contributed by atoms with Crippen LogP contribution in [0.5, 0.6) is 0 Å². The number of rotatable bonds is 3. The normalized spacial score (nSPS) is 10.6. The second-order valence-electron chi connectivity index (χ2n) is 4.73. The standard InChI is InChI=1S/C15H15N5O/c1-9-8-10(20-16)6-7-11(9)14(21)19-15-17-12-4-2-3-5-13(12)18-15/h2-8,20H,16H2,1H3,(H2,17,18,19,21). The van der Waals surface area contributed by atoms with E-state index in [4.69, 9.17) is 5.84 Å². The molecule has 1 aromatic heterocycles.